The van der Waals surface area contributed by atoms with Gasteiger partial charge in [0.05, 0.1) is 6.61 Å². The molecule has 0 spiro atoms. The van der Waals surface area contributed by atoms with E-state index < -0.39 is 16.3 Å². The molecule has 0 aliphatic heterocycles. The van der Waals surface area contributed by atoms with Gasteiger partial charge in [-0.25, -0.2) is 4.72 Å². The molecular formula is C7H18N2O3S. The van der Waals surface area contributed by atoms with Crippen LogP contribution in [0.25, 0.3) is 0 Å². The van der Waals surface area contributed by atoms with Crippen LogP contribution in [-0.4, -0.2) is 32.7 Å². The highest BCUT2D eigenvalue weighted by atomic mass is 32.2. The second kappa shape index (κ2) is 6.31. The van der Waals surface area contributed by atoms with Crippen LogP contribution < -0.4 is 9.44 Å². The summed E-state index contributed by atoms with van der Waals surface area (Å²) < 4.78 is 27.1. The SMILES string of the molecule is CCCNS(=O)(=O)N[C@H](CC)CO. The van der Waals surface area contributed by atoms with Gasteiger partial charge in [-0.15, -0.1) is 0 Å². The normalized spacial score (nSPS) is 14.4. The Morgan fingerprint density at radius 3 is 2.38 bits per heavy atom. The molecular weight excluding hydrogens is 192 g/mol. The molecule has 0 aromatic carbocycles. The Kier molecular flexibility index (Phi) is 6.23. The molecule has 0 aromatic heterocycles. The lowest BCUT2D eigenvalue weighted by atomic mass is 10.3. The van der Waals surface area contributed by atoms with Gasteiger partial charge in [-0.3, -0.25) is 0 Å². The summed E-state index contributed by atoms with van der Waals surface area (Å²) in [5.41, 5.74) is 0. The van der Waals surface area contributed by atoms with Crippen LogP contribution in [0.15, 0.2) is 0 Å². The minimum absolute atomic E-state index is 0.177. The maximum atomic E-state index is 11.2. The van der Waals surface area contributed by atoms with Crippen molar-refractivity contribution in [2.24, 2.45) is 0 Å². The molecule has 0 heterocycles. The van der Waals surface area contributed by atoms with Crippen molar-refractivity contribution in [3.8, 4) is 0 Å². The van der Waals surface area contributed by atoms with Gasteiger partial charge in [0, 0.05) is 12.6 Å². The predicted octanol–water partition coefficient (Wildman–Crippen LogP) is -0.409. The Labute approximate surface area is 79.7 Å². The maximum Gasteiger partial charge on any atom is 0.277 e. The quantitative estimate of drug-likeness (QED) is 0.534. The largest absolute Gasteiger partial charge is 0.395 e. The van der Waals surface area contributed by atoms with E-state index in [0.29, 0.717) is 13.0 Å². The highest BCUT2D eigenvalue weighted by Crippen LogP contribution is 1.91. The van der Waals surface area contributed by atoms with Gasteiger partial charge in [-0.2, -0.15) is 13.1 Å². The van der Waals surface area contributed by atoms with Crippen LogP contribution in [0.4, 0.5) is 0 Å². The average Bonchev–Trinajstić information content (AvgIpc) is 2.11. The number of rotatable bonds is 7. The highest BCUT2D eigenvalue weighted by molar-refractivity contribution is 7.87. The third kappa shape index (κ3) is 5.98. The van der Waals surface area contributed by atoms with Crippen LogP contribution in [0.5, 0.6) is 0 Å². The zero-order chi connectivity index (χ0) is 10.3. The summed E-state index contributed by atoms with van der Waals surface area (Å²) in [5, 5.41) is 8.76. The third-order valence-corrected chi connectivity index (χ3v) is 2.80. The van der Waals surface area contributed by atoms with E-state index in [-0.39, 0.29) is 6.61 Å². The van der Waals surface area contributed by atoms with E-state index in [4.69, 9.17) is 5.11 Å². The lowest BCUT2D eigenvalue weighted by molar-refractivity contribution is 0.253. The molecule has 0 bridgehead atoms. The molecule has 0 aromatic rings. The monoisotopic (exact) mass is 210 g/mol. The average molecular weight is 210 g/mol. The number of hydrogen-bond donors (Lipinski definition) is 3. The van der Waals surface area contributed by atoms with Crippen molar-refractivity contribution in [2.75, 3.05) is 13.2 Å². The molecule has 6 heteroatoms. The van der Waals surface area contributed by atoms with E-state index in [1.165, 1.54) is 0 Å². The Morgan fingerprint density at radius 1 is 1.38 bits per heavy atom. The molecule has 1 atom stereocenters. The first-order valence-electron chi connectivity index (χ1n) is 4.43. The lowest BCUT2D eigenvalue weighted by Crippen LogP contribution is -2.44. The van der Waals surface area contributed by atoms with E-state index in [1.54, 1.807) is 0 Å². The topological polar surface area (TPSA) is 78.4 Å². The molecule has 0 fully saturated rings. The molecule has 0 rings (SSSR count). The Balaban J connectivity index is 4.00. The van der Waals surface area contributed by atoms with Crippen molar-refractivity contribution in [3.63, 3.8) is 0 Å². The van der Waals surface area contributed by atoms with Gasteiger partial charge in [-0.1, -0.05) is 13.8 Å². The molecule has 0 unspecified atom stereocenters. The van der Waals surface area contributed by atoms with Gasteiger partial charge < -0.3 is 5.11 Å². The van der Waals surface area contributed by atoms with Crippen LogP contribution in [0.1, 0.15) is 26.7 Å². The highest BCUT2D eigenvalue weighted by Gasteiger charge is 2.13. The Morgan fingerprint density at radius 2 is 2.00 bits per heavy atom. The fourth-order valence-electron chi connectivity index (χ4n) is 0.747. The number of nitrogens with one attached hydrogen (secondary N) is 2. The Bertz CT molecular complexity index is 212. The van der Waals surface area contributed by atoms with Gasteiger partial charge >= 0.3 is 0 Å². The number of hydrogen-bond acceptors (Lipinski definition) is 3. The van der Waals surface area contributed by atoms with Gasteiger partial charge in [0.1, 0.15) is 0 Å². The molecule has 13 heavy (non-hydrogen) atoms. The molecule has 0 aliphatic rings. The zero-order valence-electron chi connectivity index (χ0n) is 8.08. The number of aliphatic hydroxyl groups is 1. The van der Waals surface area contributed by atoms with E-state index in [1.807, 2.05) is 13.8 Å². The molecule has 0 aliphatic carbocycles. The molecule has 0 saturated carbocycles. The van der Waals surface area contributed by atoms with Crippen LogP contribution >= 0.6 is 0 Å². The van der Waals surface area contributed by atoms with Crippen molar-refractivity contribution < 1.29 is 13.5 Å². The van der Waals surface area contributed by atoms with Crippen molar-refractivity contribution >= 4 is 10.2 Å². The summed E-state index contributed by atoms with van der Waals surface area (Å²) in [6, 6.07) is -0.394. The second-order valence-electron chi connectivity index (χ2n) is 2.80. The van der Waals surface area contributed by atoms with Gasteiger partial charge in [-0.05, 0) is 12.8 Å². The molecule has 0 amide bonds. The first-order chi connectivity index (χ1) is 6.05. The smallest absolute Gasteiger partial charge is 0.277 e. The first kappa shape index (κ1) is 12.8. The fourth-order valence-corrected chi connectivity index (χ4v) is 1.98. The zero-order valence-corrected chi connectivity index (χ0v) is 8.89. The van der Waals surface area contributed by atoms with E-state index in [0.717, 1.165) is 6.42 Å². The third-order valence-electron chi connectivity index (χ3n) is 1.58. The van der Waals surface area contributed by atoms with Crippen molar-refractivity contribution in [1.82, 2.24) is 9.44 Å². The van der Waals surface area contributed by atoms with E-state index in [9.17, 15) is 8.42 Å². The summed E-state index contributed by atoms with van der Waals surface area (Å²) in [7, 11) is -3.43. The summed E-state index contributed by atoms with van der Waals surface area (Å²) in [5.74, 6) is 0. The van der Waals surface area contributed by atoms with Crippen molar-refractivity contribution in [2.45, 2.75) is 32.7 Å². The van der Waals surface area contributed by atoms with Crippen LogP contribution in [0.3, 0.4) is 0 Å². The van der Waals surface area contributed by atoms with Crippen LogP contribution in [0.2, 0.25) is 0 Å². The summed E-state index contributed by atoms with van der Waals surface area (Å²) in [4.78, 5) is 0. The summed E-state index contributed by atoms with van der Waals surface area (Å²) in [6.45, 7) is 3.93. The first-order valence-corrected chi connectivity index (χ1v) is 5.91. The molecule has 3 N–H and O–H groups in total. The summed E-state index contributed by atoms with van der Waals surface area (Å²) in [6.07, 6.45) is 1.32. The lowest BCUT2D eigenvalue weighted by Gasteiger charge is -2.14. The van der Waals surface area contributed by atoms with Crippen molar-refractivity contribution in [1.29, 1.82) is 0 Å². The summed E-state index contributed by atoms with van der Waals surface area (Å²) >= 11 is 0. The molecule has 0 saturated heterocycles. The minimum atomic E-state index is -3.43. The molecule has 5 nitrogen and oxygen atoms in total. The second-order valence-corrected chi connectivity index (χ2v) is 4.33. The molecule has 80 valence electrons. The Hall–Kier alpha value is -0.170. The molecule has 0 radical (unpaired) electrons. The van der Waals surface area contributed by atoms with Gasteiger partial charge in [0.2, 0.25) is 0 Å². The van der Waals surface area contributed by atoms with E-state index in [2.05, 4.69) is 9.44 Å². The van der Waals surface area contributed by atoms with Crippen molar-refractivity contribution in [3.05, 3.63) is 0 Å². The van der Waals surface area contributed by atoms with E-state index >= 15 is 0 Å². The van der Waals surface area contributed by atoms with Gasteiger partial charge in [0.25, 0.3) is 10.2 Å². The minimum Gasteiger partial charge on any atom is -0.395 e. The maximum absolute atomic E-state index is 11.2. The van der Waals surface area contributed by atoms with Crippen LogP contribution in [0, 0.1) is 0 Å². The standard InChI is InChI=1S/C7H18N2O3S/c1-3-5-8-13(11,12)9-7(4-2)6-10/h7-10H,3-6H2,1-2H3/t7-/m1/s1. The fraction of sp³-hybridized carbons (Fsp3) is 1.00. The number of aliphatic hydroxyl groups excluding tert-OH is 1. The van der Waals surface area contributed by atoms with Gasteiger partial charge in [0.15, 0.2) is 0 Å². The van der Waals surface area contributed by atoms with Crippen LogP contribution in [-0.2, 0) is 10.2 Å². The predicted molar refractivity (Wildman–Crippen MR) is 51.5 cm³/mol.